The van der Waals surface area contributed by atoms with Gasteiger partial charge in [0.25, 0.3) is 0 Å². The third kappa shape index (κ3) is 7.32. The van der Waals surface area contributed by atoms with Crippen LogP contribution in [0.4, 0.5) is 5.69 Å². The molecule has 0 spiro atoms. The first-order valence-corrected chi connectivity index (χ1v) is 8.42. The summed E-state index contributed by atoms with van der Waals surface area (Å²) in [6, 6.07) is 7.68. The minimum Gasteiger partial charge on any atom is -0.494 e. The number of piperidine rings is 1. The van der Waals surface area contributed by atoms with Gasteiger partial charge < -0.3 is 20.1 Å². The molecule has 1 aromatic carbocycles. The molecular formula is C18H27ClN2O4. The Bertz CT molecular complexity index is 551. The van der Waals surface area contributed by atoms with Crippen LogP contribution in [-0.4, -0.2) is 38.2 Å². The fraction of sp³-hybridized carbons (Fsp3) is 0.556. The highest BCUT2D eigenvalue weighted by Crippen LogP contribution is 2.20. The van der Waals surface area contributed by atoms with E-state index >= 15 is 0 Å². The van der Waals surface area contributed by atoms with Gasteiger partial charge in [-0.3, -0.25) is 9.59 Å². The van der Waals surface area contributed by atoms with E-state index in [0.29, 0.717) is 31.2 Å². The second-order valence-corrected chi connectivity index (χ2v) is 6.12. The number of nitrogens with one attached hydrogen (secondary N) is 2. The number of halogens is 1. The fourth-order valence-corrected chi connectivity index (χ4v) is 2.76. The van der Waals surface area contributed by atoms with E-state index in [4.69, 9.17) is 4.74 Å². The van der Waals surface area contributed by atoms with E-state index in [9.17, 15) is 9.59 Å². The Hall–Kier alpha value is -1.79. The van der Waals surface area contributed by atoms with Crippen LogP contribution in [0.25, 0.3) is 0 Å². The van der Waals surface area contributed by atoms with E-state index in [1.807, 2.05) is 24.3 Å². The smallest absolute Gasteiger partial charge is 0.305 e. The topological polar surface area (TPSA) is 76.7 Å². The van der Waals surface area contributed by atoms with Crippen LogP contribution in [-0.2, 0) is 14.3 Å². The van der Waals surface area contributed by atoms with Crippen molar-refractivity contribution in [2.24, 2.45) is 5.92 Å². The van der Waals surface area contributed by atoms with Gasteiger partial charge in [-0.1, -0.05) is 0 Å². The normalized spacial score (nSPS) is 19.4. The minimum atomic E-state index is -0.233. The third-order valence-corrected chi connectivity index (χ3v) is 4.14. The third-order valence-electron chi connectivity index (χ3n) is 4.14. The van der Waals surface area contributed by atoms with E-state index in [2.05, 4.69) is 22.3 Å². The largest absolute Gasteiger partial charge is 0.494 e. The van der Waals surface area contributed by atoms with E-state index in [1.54, 1.807) is 0 Å². The molecule has 25 heavy (non-hydrogen) atoms. The van der Waals surface area contributed by atoms with Crippen molar-refractivity contribution in [2.45, 2.75) is 38.6 Å². The molecule has 1 fully saturated rings. The summed E-state index contributed by atoms with van der Waals surface area (Å²) in [4.78, 5) is 23.3. The number of hydrogen-bond acceptors (Lipinski definition) is 5. The molecule has 2 N–H and O–H groups in total. The maximum Gasteiger partial charge on any atom is 0.305 e. The Kier molecular flexibility index (Phi) is 9.31. The van der Waals surface area contributed by atoms with Crippen molar-refractivity contribution in [2.75, 3.05) is 25.6 Å². The predicted octanol–water partition coefficient (Wildman–Crippen LogP) is 2.77. The Morgan fingerprint density at radius 3 is 2.64 bits per heavy atom. The molecule has 1 saturated heterocycles. The van der Waals surface area contributed by atoms with Crippen LogP contribution in [0.1, 0.15) is 32.6 Å². The molecule has 1 aliphatic rings. The molecule has 6 nitrogen and oxygen atoms in total. The molecule has 0 unspecified atom stereocenters. The summed E-state index contributed by atoms with van der Waals surface area (Å²) in [6.07, 6.45) is 2.70. The molecule has 7 heteroatoms. The lowest BCUT2D eigenvalue weighted by Gasteiger charge is -2.27. The minimum absolute atomic E-state index is 0. The van der Waals surface area contributed by atoms with Gasteiger partial charge >= 0.3 is 5.97 Å². The van der Waals surface area contributed by atoms with Gasteiger partial charge in [-0.2, -0.15) is 0 Å². The summed E-state index contributed by atoms with van der Waals surface area (Å²) < 4.78 is 10.1. The summed E-state index contributed by atoms with van der Waals surface area (Å²) in [5, 5.41) is 6.31. The zero-order valence-electron chi connectivity index (χ0n) is 14.7. The SMILES string of the molecule is COC(=O)CCCOc1ccc(NC(=O)[C@H]2CCN[C@@H](C)C2)cc1.Cl. The highest BCUT2D eigenvalue weighted by molar-refractivity contribution is 5.92. The zero-order chi connectivity index (χ0) is 17.4. The number of benzene rings is 1. The number of carbonyl (C=O) groups is 2. The molecule has 0 radical (unpaired) electrons. The van der Waals surface area contributed by atoms with Gasteiger partial charge in [-0.05, 0) is 57.0 Å². The number of anilines is 1. The van der Waals surface area contributed by atoms with E-state index in [0.717, 1.165) is 25.1 Å². The lowest BCUT2D eigenvalue weighted by Crippen LogP contribution is -2.40. The first kappa shape index (κ1) is 21.3. The average molecular weight is 371 g/mol. The number of rotatable bonds is 7. The van der Waals surface area contributed by atoms with Crippen molar-refractivity contribution in [1.29, 1.82) is 0 Å². The van der Waals surface area contributed by atoms with Gasteiger partial charge in [-0.15, -0.1) is 12.4 Å². The van der Waals surface area contributed by atoms with Gasteiger partial charge in [0.05, 0.1) is 13.7 Å². The molecule has 1 aromatic rings. The van der Waals surface area contributed by atoms with Crippen LogP contribution in [0.5, 0.6) is 5.75 Å². The molecular weight excluding hydrogens is 344 g/mol. The van der Waals surface area contributed by atoms with Crippen LogP contribution in [0, 0.1) is 5.92 Å². The molecule has 2 rings (SSSR count). The van der Waals surface area contributed by atoms with Crippen LogP contribution in [0.15, 0.2) is 24.3 Å². The number of hydrogen-bond donors (Lipinski definition) is 2. The maximum absolute atomic E-state index is 12.3. The Balaban J connectivity index is 0.00000312. The molecule has 1 heterocycles. The van der Waals surface area contributed by atoms with Crippen molar-refractivity contribution < 1.29 is 19.1 Å². The molecule has 0 aromatic heterocycles. The van der Waals surface area contributed by atoms with Crippen LogP contribution in [0.3, 0.4) is 0 Å². The number of ether oxygens (including phenoxy) is 2. The second kappa shape index (κ2) is 10.9. The highest BCUT2D eigenvalue weighted by atomic mass is 35.5. The number of amides is 1. The fourth-order valence-electron chi connectivity index (χ4n) is 2.76. The summed E-state index contributed by atoms with van der Waals surface area (Å²) in [6.45, 7) is 3.44. The van der Waals surface area contributed by atoms with Crippen molar-refractivity contribution in [3.63, 3.8) is 0 Å². The molecule has 0 saturated carbocycles. The van der Waals surface area contributed by atoms with Crippen molar-refractivity contribution in [3.8, 4) is 5.75 Å². The van der Waals surface area contributed by atoms with Crippen molar-refractivity contribution in [3.05, 3.63) is 24.3 Å². The summed E-state index contributed by atoms with van der Waals surface area (Å²) in [5.41, 5.74) is 0.771. The van der Waals surface area contributed by atoms with Gasteiger partial charge in [0.1, 0.15) is 5.75 Å². The standard InChI is InChI=1S/C18H26N2O4.ClH/c1-13-12-14(9-10-19-13)18(22)20-15-5-7-16(8-6-15)24-11-3-4-17(21)23-2;/h5-8,13-14,19H,3-4,9-12H2,1-2H3,(H,20,22);1H/t13-,14-;/m0./s1. The number of esters is 1. The summed E-state index contributed by atoms with van der Waals surface area (Å²) >= 11 is 0. The molecule has 1 amide bonds. The summed E-state index contributed by atoms with van der Waals surface area (Å²) in [7, 11) is 1.38. The Morgan fingerprint density at radius 2 is 2.00 bits per heavy atom. The van der Waals surface area contributed by atoms with E-state index in [-0.39, 0.29) is 30.2 Å². The number of carbonyl (C=O) groups excluding carboxylic acids is 2. The zero-order valence-corrected chi connectivity index (χ0v) is 15.6. The molecule has 140 valence electrons. The first-order valence-electron chi connectivity index (χ1n) is 8.42. The Labute approximate surface area is 155 Å². The molecule has 2 atom stereocenters. The van der Waals surface area contributed by atoms with Gasteiger partial charge in [-0.25, -0.2) is 0 Å². The van der Waals surface area contributed by atoms with E-state index in [1.165, 1.54) is 7.11 Å². The van der Waals surface area contributed by atoms with Crippen LogP contribution < -0.4 is 15.4 Å². The van der Waals surface area contributed by atoms with E-state index < -0.39 is 0 Å². The monoisotopic (exact) mass is 370 g/mol. The lowest BCUT2D eigenvalue weighted by atomic mass is 9.92. The van der Waals surface area contributed by atoms with Crippen molar-refractivity contribution >= 4 is 30.0 Å². The molecule has 0 bridgehead atoms. The second-order valence-electron chi connectivity index (χ2n) is 6.12. The van der Waals surface area contributed by atoms with Gasteiger partial charge in [0.2, 0.25) is 5.91 Å². The van der Waals surface area contributed by atoms with Crippen molar-refractivity contribution in [1.82, 2.24) is 5.32 Å². The predicted molar refractivity (Wildman–Crippen MR) is 99.3 cm³/mol. The first-order chi connectivity index (χ1) is 11.6. The number of methoxy groups -OCH3 is 1. The van der Waals surface area contributed by atoms with Gasteiger partial charge in [0.15, 0.2) is 0 Å². The van der Waals surface area contributed by atoms with Crippen LogP contribution in [0.2, 0.25) is 0 Å². The lowest BCUT2D eigenvalue weighted by molar-refractivity contribution is -0.140. The van der Waals surface area contributed by atoms with Gasteiger partial charge in [0, 0.05) is 24.1 Å². The Morgan fingerprint density at radius 1 is 1.28 bits per heavy atom. The quantitative estimate of drug-likeness (QED) is 0.570. The average Bonchev–Trinajstić information content (AvgIpc) is 2.59. The van der Waals surface area contributed by atoms with Crippen LogP contribution >= 0.6 is 12.4 Å². The highest BCUT2D eigenvalue weighted by Gasteiger charge is 2.24. The molecule has 0 aliphatic carbocycles. The molecule has 1 aliphatic heterocycles. The summed E-state index contributed by atoms with van der Waals surface area (Å²) in [5.74, 6) is 0.628. The maximum atomic E-state index is 12.3.